The fraction of sp³-hybridized carbons (Fsp3) is 0.733. The smallest absolute Gasteiger partial charge is 0.00432 e. The molecular weight excluding hydrogens is 194 g/mol. The maximum absolute atomic E-state index is 3.54. The molecule has 0 aliphatic carbocycles. The first-order valence-corrected chi connectivity index (χ1v) is 6.76. The highest BCUT2D eigenvalue weighted by Crippen LogP contribution is 2.22. The topological polar surface area (TPSA) is 12.0 Å². The summed E-state index contributed by atoms with van der Waals surface area (Å²) in [6.45, 7) is 9.18. The van der Waals surface area contributed by atoms with Crippen molar-refractivity contribution >= 4 is 0 Å². The summed E-state index contributed by atoms with van der Waals surface area (Å²) in [7, 11) is 0. The van der Waals surface area contributed by atoms with Crippen molar-refractivity contribution in [1.29, 1.82) is 0 Å². The van der Waals surface area contributed by atoms with E-state index >= 15 is 0 Å². The van der Waals surface area contributed by atoms with Gasteiger partial charge >= 0.3 is 0 Å². The SMILES string of the molecule is CCC=CC1CCNCCC/C(C)=C(\C)C1. The van der Waals surface area contributed by atoms with Gasteiger partial charge in [0.25, 0.3) is 0 Å². The van der Waals surface area contributed by atoms with Crippen LogP contribution in [-0.2, 0) is 0 Å². The van der Waals surface area contributed by atoms with E-state index < -0.39 is 0 Å². The van der Waals surface area contributed by atoms with Crippen molar-refractivity contribution in [3.05, 3.63) is 23.3 Å². The van der Waals surface area contributed by atoms with E-state index in [0.717, 1.165) is 12.3 Å². The van der Waals surface area contributed by atoms with Gasteiger partial charge in [-0.15, -0.1) is 0 Å². The molecule has 1 N–H and O–H groups in total. The molecular formula is C15H27N. The van der Waals surface area contributed by atoms with Crippen LogP contribution >= 0.6 is 0 Å². The van der Waals surface area contributed by atoms with E-state index in [1.807, 2.05) is 0 Å². The molecule has 1 aliphatic rings. The molecule has 1 heteroatoms. The molecule has 0 aromatic rings. The molecule has 0 saturated carbocycles. The number of rotatable bonds is 2. The number of hydrogen-bond donors (Lipinski definition) is 1. The molecule has 1 heterocycles. The zero-order valence-corrected chi connectivity index (χ0v) is 11.2. The Morgan fingerprint density at radius 3 is 2.81 bits per heavy atom. The van der Waals surface area contributed by atoms with Crippen LogP contribution in [0.25, 0.3) is 0 Å². The lowest BCUT2D eigenvalue weighted by Crippen LogP contribution is -2.20. The Labute approximate surface area is 101 Å². The Balaban J connectivity index is 2.63. The molecule has 0 radical (unpaired) electrons. The Kier molecular flexibility index (Phi) is 6.47. The minimum absolute atomic E-state index is 0.737. The van der Waals surface area contributed by atoms with Crippen LogP contribution in [0.1, 0.15) is 52.9 Å². The summed E-state index contributed by atoms with van der Waals surface area (Å²) in [6.07, 6.45) is 11.0. The van der Waals surface area contributed by atoms with Gasteiger partial charge < -0.3 is 5.32 Å². The summed E-state index contributed by atoms with van der Waals surface area (Å²) >= 11 is 0. The molecule has 0 amide bonds. The lowest BCUT2D eigenvalue weighted by molar-refractivity contribution is 0.520. The molecule has 16 heavy (non-hydrogen) atoms. The maximum atomic E-state index is 3.54. The second-order valence-corrected chi connectivity index (χ2v) is 5.00. The lowest BCUT2D eigenvalue weighted by Gasteiger charge is -2.18. The first-order chi connectivity index (χ1) is 7.74. The Morgan fingerprint density at radius 1 is 1.25 bits per heavy atom. The molecule has 1 atom stereocenters. The van der Waals surface area contributed by atoms with Gasteiger partial charge in [0, 0.05) is 0 Å². The van der Waals surface area contributed by atoms with Gasteiger partial charge in [0.2, 0.25) is 0 Å². The quantitative estimate of drug-likeness (QED) is 0.693. The van der Waals surface area contributed by atoms with Crippen molar-refractivity contribution in [2.75, 3.05) is 13.1 Å². The van der Waals surface area contributed by atoms with E-state index in [4.69, 9.17) is 0 Å². The standard InChI is InChI=1S/C15H27N/c1-4-5-8-15-9-11-16-10-6-7-13(2)14(3)12-15/h5,8,15-16H,4,6-7,9-12H2,1-3H3/b8-5?,14-13+. The van der Waals surface area contributed by atoms with Gasteiger partial charge in [0.1, 0.15) is 0 Å². The van der Waals surface area contributed by atoms with E-state index in [2.05, 4.69) is 38.2 Å². The van der Waals surface area contributed by atoms with Crippen LogP contribution in [0.15, 0.2) is 23.3 Å². The lowest BCUT2D eigenvalue weighted by atomic mass is 9.92. The molecule has 0 fully saturated rings. The molecule has 0 aromatic heterocycles. The molecule has 92 valence electrons. The van der Waals surface area contributed by atoms with E-state index in [9.17, 15) is 0 Å². The summed E-state index contributed by atoms with van der Waals surface area (Å²) in [5, 5.41) is 3.54. The summed E-state index contributed by atoms with van der Waals surface area (Å²) in [6, 6.07) is 0. The van der Waals surface area contributed by atoms with Crippen molar-refractivity contribution in [3.63, 3.8) is 0 Å². The van der Waals surface area contributed by atoms with Gasteiger partial charge in [-0.25, -0.2) is 0 Å². The summed E-state index contributed by atoms with van der Waals surface area (Å²) in [4.78, 5) is 0. The summed E-state index contributed by atoms with van der Waals surface area (Å²) in [5.74, 6) is 0.737. The van der Waals surface area contributed by atoms with E-state index in [1.54, 1.807) is 11.1 Å². The predicted octanol–water partition coefficient (Wildman–Crippen LogP) is 4.07. The van der Waals surface area contributed by atoms with Gasteiger partial charge in [-0.05, 0) is 65.0 Å². The zero-order chi connectivity index (χ0) is 11.8. The second kappa shape index (κ2) is 7.67. The fourth-order valence-electron chi connectivity index (χ4n) is 2.27. The van der Waals surface area contributed by atoms with Gasteiger partial charge in [-0.1, -0.05) is 30.2 Å². The van der Waals surface area contributed by atoms with Gasteiger partial charge in [-0.2, -0.15) is 0 Å². The second-order valence-electron chi connectivity index (χ2n) is 5.00. The van der Waals surface area contributed by atoms with Crippen molar-refractivity contribution in [2.45, 2.75) is 52.9 Å². The van der Waals surface area contributed by atoms with Crippen molar-refractivity contribution in [1.82, 2.24) is 5.32 Å². The number of hydrogen-bond acceptors (Lipinski definition) is 1. The minimum atomic E-state index is 0.737. The van der Waals surface area contributed by atoms with E-state index in [-0.39, 0.29) is 0 Å². The van der Waals surface area contributed by atoms with Crippen LogP contribution in [0, 0.1) is 5.92 Å². The van der Waals surface area contributed by atoms with Gasteiger partial charge in [0.05, 0.1) is 0 Å². The summed E-state index contributed by atoms with van der Waals surface area (Å²) < 4.78 is 0. The van der Waals surface area contributed by atoms with E-state index in [1.165, 1.54) is 38.8 Å². The Hall–Kier alpha value is -0.560. The number of nitrogens with one attached hydrogen (secondary N) is 1. The predicted molar refractivity (Wildman–Crippen MR) is 72.6 cm³/mol. The molecule has 1 rings (SSSR count). The maximum Gasteiger partial charge on any atom is -0.00432 e. The third-order valence-corrected chi connectivity index (χ3v) is 3.54. The highest BCUT2D eigenvalue weighted by Gasteiger charge is 2.09. The third-order valence-electron chi connectivity index (χ3n) is 3.54. The third kappa shape index (κ3) is 4.98. The molecule has 0 spiro atoms. The fourth-order valence-corrected chi connectivity index (χ4v) is 2.27. The van der Waals surface area contributed by atoms with Crippen LogP contribution in [0.5, 0.6) is 0 Å². The normalized spacial score (nSPS) is 29.6. The highest BCUT2D eigenvalue weighted by molar-refractivity contribution is 5.12. The molecule has 1 nitrogen and oxygen atoms in total. The average Bonchev–Trinajstić information content (AvgIpc) is 2.29. The van der Waals surface area contributed by atoms with Crippen LogP contribution in [-0.4, -0.2) is 13.1 Å². The largest absolute Gasteiger partial charge is 0.317 e. The van der Waals surface area contributed by atoms with Gasteiger partial charge in [0.15, 0.2) is 0 Å². The monoisotopic (exact) mass is 221 g/mol. The number of allylic oxidation sites excluding steroid dienone is 4. The van der Waals surface area contributed by atoms with Gasteiger partial charge in [-0.3, -0.25) is 0 Å². The summed E-state index contributed by atoms with van der Waals surface area (Å²) in [5.41, 5.74) is 3.23. The van der Waals surface area contributed by atoms with Crippen molar-refractivity contribution in [3.8, 4) is 0 Å². The van der Waals surface area contributed by atoms with Crippen LogP contribution in [0.4, 0.5) is 0 Å². The highest BCUT2D eigenvalue weighted by atomic mass is 14.8. The molecule has 1 unspecified atom stereocenters. The molecule has 0 bridgehead atoms. The zero-order valence-electron chi connectivity index (χ0n) is 11.2. The molecule has 0 saturated heterocycles. The van der Waals surface area contributed by atoms with Crippen LogP contribution < -0.4 is 5.32 Å². The van der Waals surface area contributed by atoms with E-state index in [0.29, 0.717) is 0 Å². The Bertz CT molecular complexity index is 250. The van der Waals surface area contributed by atoms with Crippen LogP contribution in [0.3, 0.4) is 0 Å². The average molecular weight is 221 g/mol. The molecule has 1 aliphatic heterocycles. The first-order valence-electron chi connectivity index (χ1n) is 6.76. The molecule has 0 aromatic carbocycles. The minimum Gasteiger partial charge on any atom is -0.317 e. The first kappa shape index (κ1) is 13.5. The van der Waals surface area contributed by atoms with Crippen molar-refractivity contribution < 1.29 is 0 Å². The Morgan fingerprint density at radius 2 is 2.06 bits per heavy atom. The van der Waals surface area contributed by atoms with Crippen LogP contribution in [0.2, 0.25) is 0 Å². The van der Waals surface area contributed by atoms with Crippen molar-refractivity contribution in [2.24, 2.45) is 5.92 Å².